The summed E-state index contributed by atoms with van der Waals surface area (Å²) in [6.07, 6.45) is 7.12. The first-order valence-electron chi connectivity index (χ1n) is 5.26. The Morgan fingerprint density at radius 2 is 2.08 bits per heavy atom. The monoisotopic (exact) mass is 185 g/mol. The van der Waals surface area contributed by atoms with Crippen LogP contribution in [0.5, 0.6) is 0 Å². The summed E-state index contributed by atoms with van der Waals surface area (Å²) in [5.74, 6) is 2.99. The van der Waals surface area contributed by atoms with Gasteiger partial charge in [-0.3, -0.25) is 0 Å². The average molecular weight is 185 g/mol. The summed E-state index contributed by atoms with van der Waals surface area (Å²) in [5.41, 5.74) is 0. The van der Waals surface area contributed by atoms with E-state index >= 15 is 0 Å². The fourth-order valence-electron chi connectivity index (χ4n) is 2.91. The van der Waals surface area contributed by atoms with Crippen molar-refractivity contribution in [3.05, 3.63) is 0 Å². The summed E-state index contributed by atoms with van der Waals surface area (Å²) in [6.45, 7) is 1.26. The summed E-state index contributed by atoms with van der Waals surface area (Å²) in [6, 6.07) is 0.864. The summed E-state index contributed by atoms with van der Waals surface area (Å²) in [7, 11) is 0. The Labute approximate surface area is 80.7 Å². The number of hydrogen-bond acceptors (Lipinski definition) is 2. The van der Waals surface area contributed by atoms with E-state index in [0.29, 0.717) is 0 Å². The first kappa shape index (κ1) is 8.89. The van der Waals surface area contributed by atoms with Crippen molar-refractivity contribution in [2.45, 2.75) is 38.1 Å². The quantitative estimate of drug-likeness (QED) is 0.628. The maximum absolute atomic E-state index is 4.32. The van der Waals surface area contributed by atoms with E-state index in [0.717, 1.165) is 23.6 Å². The zero-order chi connectivity index (χ0) is 8.39. The van der Waals surface area contributed by atoms with E-state index in [1.54, 1.807) is 0 Å². The van der Waals surface area contributed by atoms with Crippen molar-refractivity contribution in [1.29, 1.82) is 0 Å². The molecule has 0 aromatic rings. The Bertz CT molecular complexity index is 149. The number of fused-ring (bicyclic) bond motifs is 1. The minimum atomic E-state index is 0.864. The maximum atomic E-state index is 4.32. The van der Waals surface area contributed by atoms with E-state index in [4.69, 9.17) is 0 Å². The standard InChI is InChI=1S/C10H19NS/c12-6-5-8-7-11-10-4-2-1-3-9(8)10/h8-12H,1-7H2. The highest BCUT2D eigenvalue weighted by molar-refractivity contribution is 7.80. The maximum Gasteiger partial charge on any atom is 0.00985 e. The highest BCUT2D eigenvalue weighted by Crippen LogP contribution is 2.36. The lowest BCUT2D eigenvalue weighted by molar-refractivity contribution is 0.271. The Hall–Kier alpha value is 0.310. The Kier molecular flexibility index (Phi) is 2.97. The fourth-order valence-corrected chi connectivity index (χ4v) is 3.24. The molecule has 12 heavy (non-hydrogen) atoms. The fraction of sp³-hybridized carbons (Fsp3) is 1.00. The van der Waals surface area contributed by atoms with Gasteiger partial charge in [-0.15, -0.1) is 0 Å². The molecule has 0 aromatic heterocycles. The molecule has 0 spiro atoms. The minimum Gasteiger partial charge on any atom is -0.313 e. The average Bonchev–Trinajstić information content (AvgIpc) is 2.50. The van der Waals surface area contributed by atoms with Crippen molar-refractivity contribution in [1.82, 2.24) is 5.32 Å². The molecule has 0 radical (unpaired) electrons. The van der Waals surface area contributed by atoms with Gasteiger partial charge in [-0.2, -0.15) is 12.6 Å². The topological polar surface area (TPSA) is 12.0 Å². The summed E-state index contributed by atoms with van der Waals surface area (Å²) < 4.78 is 0. The molecule has 1 aliphatic heterocycles. The van der Waals surface area contributed by atoms with Gasteiger partial charge in [-0.1, -0.05) is 12.8 Å². The molecule has 1 nitrogen and oxygen atoms in total. The van der Waals surface area contributed by atoms with Crippen LogP contribution in [0.1, 0.15) is 32.1 Å². The molecular weight excluding hydrogens is 166 g/mol. The molecule has 2 aliphatic rings. The largest absolute Gasteiger partial charge is 0.313 e. The number of hydrogen-bond donors (Lipinski definition) is 2. The molecule has 1 aliphatic carbocycles. The van der Waals surface area contributed by atoms with E-state index in [9.17, 15) is 0 Å². The van der Waals surface area contributed by atoms with Gasteiger partial charge in [-0.05, 0) is 43.4 Å². The van der Waals surface area contributed by atoms with Crippen LogP contribution in [0.2, 0.25) is 0 Å². The molecule has 1 N–H and O–H groups in total. The highest BCUT2D eigenvalue weighted by atomic mass is 32.1. The van der Waals surface area contributed by atoms with Gasteiger partial charge in [0.05, 0.1) is 0 Å². The molecule has 0 amide bonds. The van der Waals surface area contributed by atoms with Gasteiger partial charge in [-0.25, -0.2) is 0 Å². The van der Waals surface area contributed by atoms with Gasteiger partial charge < -0.3 is 5.32 Å². The third-order valence-electron chi connectivity index (χ3n) is 3.57. The molecule has 0 aromatic carbocycles. The van der Waals surface area contributed by atoms with E-state index < -0.39 is 0 Å². The third-order valence-corrected chi connectivity index (χ3v) is 3.83. The molecule has 1 heterocycles. The van der Waals surface area contributed by atoms with Gasteiger partial charge in [0.1, 0.15) is 0 Å². The van der Waals surface area contributed by atoms with E-state index in [-0.39, 0.29) is 0 Å². The SMILES string of the molecule is SCCC1CNC2CCCCC12. The third kappa shape index (κ3) is 1.64. The van der Waals surface area contributed by atoms with Crippen LogP contribution < -0.4 is 5.32 Å². The van der Waals surface area contributed by atoms with Crippen LogP contribution in [0.4, 0.5) is 0 Å². The number of nitrogens with one attached hydrogen (secondary N) is 1. The molecule has 70 valence electrons. The predicted octanol–water partition coefficient (Wildman–Crippen LogP) is 2.08. The molecule has 2 heteroatoms. The second-order valence-corrected chi connectivity index (χ2v) is 4.68. The molecule has 2 fully saturated rings. The van der Waals surface area contributed by atoms with Crippen molar-refractivity contribution in [3.63, 3.8) is 0 Å². The van der Waals surface area contributed by atoms with E-state index in [1.165, 1.54) is 38.6 Å². The van der Waals surface area contributed by atoms with Gasteiger partial charge in [0.25, 0.3) is 0 Å². The zero-order valence-electron chi connectivity index (χ0n) is 7.63. The minimum absolute atomic E-state index is 0.864. The van der Waals surface area contributed by atoms with Crippen LogP contribution >= 0.6 is 12.6 Å². The zero-order valence-corrected chi connectivity index (χ0v) is 8.52. The lowest BCUT2D eigenvalue weighted by atomic mass is 9.79. The van der Waals surface area contributed by atoms with Crippen molar-refractivity contribution < 1.29 is 0 Å². The number of thiol groups is 1. The Morgan fingerprint density at radius 3 is 2.92 bits per heavy atom. The first-order valence-corrected chi connectivity index (χ1v) is 5.89. The van der Waals surface area contributed by atoms with Crippen LogP contribution in [0.25, 0.3) is 0 Å². The normalized spacial score (nSPS) is 41.2. The number of rotatable bonds is 2. The second-order valence-electron chi connectivity index (χ2n) is 4.24. The van der Waals surface area contributed by atoms with Crippen LogP contribution in [0.15, 0.2) is 0 Å². The predicted molar refractivity (Wildman–Crippen MR) is 55.7 cm³/mol. The van der Waals surface area contributed by atoms with Crippen LogP contribution in [-0.2, 0) is 0 Å². The van der Waals surface area contributed by atoms with Crippen molar-refractivity contribution in [3.8, 4) is 0 Å². The molecule has 0 bridgehead atoms. The summed E-state index contributed by atoms with van der Waals surface area (Å²) >= 11 is 4.32. The van der Waals surface area contributed by atoms with Crippen LogP contribution in [0.3, 0.4) is 0 Å². The van der Waals surface area contributed by atoms with Crippen molar-refractivity contribution in [2.24, 2.45) is 11.8 Å². The van der Waals surface area contributed by atoms with Gasteiger partial charge >= 0.3 is 0 Å². The van der Waals surface area contributed by atoms with Crippen LogP contribution in [0, 0.1) is 11.8 Å². The second kappa shape index (κ2) is 4.01. The highest BCUT2D eigenvalue weighted by Gasteiger charge is 2.36. The van der Waals surface area contributed by atoms with Crippen LogP contribution in [-0.4, -0.2) is 18.3 Å². The summed E-state index contributed by atoms with van der Waals surface area (Å²) in [4.78, 5) is 0. The van der Waals surface area contributed by atoms with Gasteiger partial charge in [0, 0.05) is 6.04 Å². The molecular formula is C10H19NS. The van der Waals surface area contributed by atoms with Gasteiger partial charge in [0.15, 0.2) is 0 Å². The molecule has 3 unspecified atom stereocenters. The van der Waals surface area contributed by atoms with E-state index in [1.807, 2.05) is 0 Å². The van der Waals surface area contributed by atoms with Crippen molar-refractivity contribution >= 4 is 12.6 Å². The summed E-state index contributed by atoms with van der Waals surface area (Å²) in [5, 5.41) is 3.66. The molecule has 1 saturated heterocycles. The van der Waals surface area contributed by atoms with Gasteiger partial charge in [0.2, 0.25) is 0 Å². The lowest BCUT2D eigenvalue weighted by Crippen LogP contribution is -2.30. The first-order chi connectivity index (χ1) is 5.92. The van der Waals surface area contributed by atoms with E-state index in [2.05, 4.69) is 17.9 Å². The molecule has 1 saturated carbocycles. The molecule has 2 rings (SSSR count). The lowest BCUT2D eigenvalue weighted by Gasteiger charge is -2.28. The smallest absolute Gasteiger partial charge is 0.00985 e. The Morgan fingerprint density at radius 1 is 1.25 bits per heavy atom. The molecule has 3 atom stereocenters. The Balaban J connectivity index is 1.92. The van der Waals surface area contributed by atoms with Crippen molar-refractivity contribution in [2.75, 3.05) is 12.3 Å².